The van der Waals surface area contributed by atoms with Gasteiger partial charge in [0.25, 0.3) is 0 Å². The van der Waals surface area contributed by atoms with Gasteiger partial charge in [0.05, 0.1) is 23.4 Å². The van der Waals surface area contributed by atoms with Gasteiger partial charge >= 0.3 is 6.18 Å². The lowest BCUT2D eigenvalue weighted by Crippen LogP contribution is -2.37. The molecule has 0 aliphatic carbocycles. The van der Waals surface area contributed by atoms with E-state index in [9.17, 15) is 18.3 Å². The van der Waals surface area contributed by atoms with Crippen molar-refractivity contribution in [1.82, 2.24) is 0 Å². The molecule has 0 amide bonds. The van der Waals surface area contributed by atoms with Crippen molar-refractivity contribution in [2.24, 2.45) is 0 Å². The molecule has 0 aromatic heterocycles. The zero-order chi connectivity index (χ0) is 14.8. The molecule has 0 bridgehead atoms. The summed E-state index contributed by atoms with van der Waals surface area (Å²) in [5.41, 5.74) is -1.76. The Labute approximate surface area is 113 Å². The van der Waals surface area contributed by atoms with Crippen LogP contribution in [0.5, 0.6) is 0 Å². The molecule has 1 aliphatic rings. The number of hydrogen-bond donors (Lipinski definition) is 2. The Bertz CT molecular complexity index is 531. The highest BCUT2D eigenvalue weighted by atomic mass is 19.4. The SMILES string of the molecule is N#Cc1cc(C(F)(F)F)ccc1NCC1(O)CCOC1. The molecule has 0 spiro atoms. The quantitative estimate of drug-likeness (QED) is 0.893. The molecule has 1 atom stereocenters. The van der Waals surface area contributed by atoms with Gasteiger partial charge in [-0.05, 0) is 18.2 Å². The molecule has 0 radical (unpaired) electrons. The van der Waals surface area contributed by atoms with Gasteiger partial charge in [-0.25, -0.2) is 0 Å². The van der Waals surface area contributed by atoms with Gasteiger partial charge in [-0.3, -0.25) is 0 Å². The maximum absolute atomic E-state index is 12.5. The van der Waals surface area contributed by atoms with Gasteiger partial charge in [0.15, 0.2) is 0 Å². The zero-order valence-electron chi connectivity index (χ0n) is 10.5. The van der Waals surface area contributed by atoms with Crippen LogP contribution in [0.3, 0.4) is 0 Å². The minimum absolute atomic E-state index is 0.109. The largest absolute Gasteiger partial charge is 0.416 e. The van der Waals surface area contributed by atoms with Gasteiger partial charge in [-0.1, -0.05) is 0 Å². The molecule has 2 N–H and O–H groups in total. The first-order valence-electron chi connectivity index (χ1n) is 5.99. The van der Waals surface area contributed by atoms with Crippen LogP contribution < -0.4 is 5.32 Å². The normalized spacial score (nSPS) is 22.6. The van der Waals surface area contributed by atoms with E-state index in [0.29, 0.717) is 13.0 Å². The Hall–Kier alpha value is -1.78. The highest BCUT2D eigenvalue weighted by Crippen LogP contribution is 2.32. The molecule has 1 aromatic rings. The molecule has 0 saturated carbocycles. The predicted molar refractivity (Wildman–Crippen MR) is 65.0 cm³/mol. The summed E-state index contributed by atoms with van der Waals surface area (Å²) in [4.78, 5) is 0. The number of nitrogens with zero attached hydrogens (tertiary/aromatic N) is 1. The van der Waals surface area contributed by atoms with Gasteiger partial charge in [0.1, 0.15) is 11.7 Å². The Morgan fingerprint density at radius 2 is 2.20 bits per heavy atom. The van der Waals surface area contributed by atoms with Crippen LogP contribution in [-0.2, 0) is 10.9 Å². The van der Waals surface area contributed by atoms with Crippen LogP contribution >= 0.6 is 0 Å². The number of benzene rings is 1. The molecule has 1 aromatic carbocycles. The molecular formula is C13H13F3N2O2. The maximum Gasteiger partial charge on any atom is 0.416 e. The van der Waals surface area contributed by atoms with Gasteiger partial charge in [0.2, 0.25) is 0 Å². The van der Waals surface area contributed by atoms with E-state index in [1.165, 1.54) is 6.07 Å². The number of nitriles is 1. The highest BCUT2D eigenvalue weighted by Gasteiger charge is 2.33. The second-order valence-corrected chi connectivity index (χ2v) is 4.75. The van der Waals surface area contributed by atoms with Gasteiger partial charge in [-0.2, -0.15) is 18.4 Å². The molecule has 1 fully saturated rings. The average molecular weight is 286 g/mol. The van der Waals surface area contributed by atoms with E-state index in [1.807, 2.05) is 0 Å². The summed E-state index contributed by atoms with van der Waals surface area (Å²) in [6.45, 7) is 0.728. The molecule has 20 heavy (non-hydrogen) atoms. The van der Waals surface area contributed by atoms with E-state index < -0.39 is 17.3 Å². The fourth-order valence-electron chi connectivity index (χ4n) is 1.96. The second-order valence-electron chi connectivity index (χ2n) is 4.75. The molecule has 1 saturated heterocycles. The van der Waals surface area contributed by atoms with Crippen LogP contribution in [0, 0.1) is 11.3 Å². The topological polar surface area (TPSA) is 65.3 Å². The fourth-order valence-corrected chi connectivity index (χ4v) is 1.96. The summed E-state index contributed by atoms with van der Waals surface area (Å²) in [5, 5.41) is 21.8. The first kappa shape index (κ1) is 14.6. The van der Waals surface area contributed by atoms with Crippen LogP contribution in [-0.4, -0.2) is 30.5 Å². The van der Waals surface area contributed by atoms with Crippen molar-refractivity contribution < 1.29 is 23.0 Å². The third kappa shape index (κ3) is 3.21. The van der Waals surface area contributed by atoms with Crippen LogP contribution in [0.15, 0.2) is 18.2 Å². The number of rotatable bonds is 3. The summed E-state index contributed by atoms with van der Waals surface area (Å²) in [5.74, 6) is 0. The van der Waals surface area contributed by atoms with Crippen molar-refractivity contribution >= 4 is 5.69 Å². The van der Waals surface area contributed by atoms with E-state index in [0.717, 1.165) is 12.1 Å². The lowest BCUT2D eigenvalue weighted by Gasteiger charge is -2.22. The first-order valence-corrected chi connectivity index (χ1v) is 5.99. The van der Waals surface area contributed by atoms with Crippen LogP contribution in [0.4, 0.5) is 18.9 Å². The van der Waals surface area contributed by atoms with Crippen molar-refractivity contribution in [3.8, 4) is 6.07 Å². The number of halogens is 3. The number of anilines is 1. The molecule has 2 rings (SSSR count). The van der Waals surface area contributed by atoms with Crippen molar-refractivity contribution in [2.75, 3.05) is 25.1 Å². The van der Waals surface area contributed by atoms with E-state index >= 15 is 0 Å². The maximum atomic E-state index is 12.5. The van der Waals surface area contributed by atoms with Crippen LogP contribution in [0.25, 0.3) is 0 Å². The third-order valence-corrected chi connectivity index (χ3v) is 3.16. The Kier molecular flexibility index (Phi) is 3.88. The lowest BCUT2D eigenvalue weighted by atomic mass is 10.0. The Morgan fingerprint density at radius 1 is 1.45 bits per heavy atom. The lowest BCUT2D eigenvalue weighted by molar-refractivity contribution is -0.137. The number of aliphatic hydroxyl groups is 1. The summed E-state index contributed by atoms with van der Waals surface area (Å²) in [7, 11) is 0. The average Bonchev–Trinajstić information content (AvgIpc) is 2.82. The zero-order valence-corrected chi connectivity index (χ0v) is 10.5. The molecule has 7 heteroatoms. The second kappa shape index (κ2) is 5.31. The van der Waals surface area contributed by atoms with E-state index in [1.54, 1.807) is 6.07 Å². The van der Waals surface area contributed by atoms with Gasteiger partial charge < -0.3 is 15.2 Å². The smallest absolute Gasteiger partial charge is 0.386 e. The van der Waals surface area contributed by atoms with Gasteiger partial charge in [0, 0.05) is 19.6 Å². The third-order valence-electron chi connectivity index (χ3n) is 3.16. The van der Waals surface area contributed by atoms with Crippen LogP contribution in [0.2, 0.25) is 0 Å². The standard InChI is InChI=1S/C13H13F3N2O2/c14-13(15,16)10-1-2-11(9(5-10)6-17)18-7-12(19)3-4-20-8-12/h1-2,5,18-19H,3-4,7-8H2. The summed E-state index contributed by atoms with van der Waals surface area (Å²) < 4.78 is 42.7. The molecule has 4 nitrogen and oxygen atoms in total. The van der Waals surface area contributed by atoms with E-state index in [-0.39, 0.29) is 24.4 Å². The highest BCUT2D eigenvalue weighted by molar-refractivity contribution is 5.59. The number of hydrogen-bond acceptors (Lipinski definition) is 4. The summed E-state index contributed by atoms with van der Waals surface area (Å²) in [6, 6.07) is 4.61. The summed E-state index contributed by atoms with van der Waals surface area (Å²) >= 11 is 0. The Morgan fingerprint density at radius 3 is 2.75 bits per heavy atom. The summed E-state index contributed by atoms with van der Waals surface area (Å²) in [6.07, 6.45) is -4.04. The number of ether oxygens (including phenoxy) is 1. The van der Waals surface area contributed by atoms with Crippen molar-refractivity contribution in [3.63, 3.8) is 0 Å². The van der Waals surface area contributed by atoms with Gasteiger partial charge in [-0.15, -0.1) is 0 Å². The number of nitrogens with one attached hydrogen (secondary N) is 1. The fraction of sp³-hybridized carbons (Fsp3) is 0.462. The molecule has 108 valence electrons. The van der Waals surface area contributed by atoms with Crippen molar-refractivity contribution in [3.05, 3.63) is 29.3 Å². The number of alkyl halides is 3. The first-order chi connectivity index (χ1) is 9.34. The van der Waals surface area contributed by atoms with Crippen LogP contribution in [0.1, 0.15) is 17.5 Å². The van der Waals surface area contributed by atoms with Crippen molar-refractivity contribution in [2.45, 2.75) is 18.2 Å². The molecule has 1 aliphatic heterocycles. The minimum atomic E-state index is -4.48. The molecule has 1 unspecified atom stereocenters. The molecular weight excluding hydrogens is 273 g/mol. The van der Waals surface area contributed by atoms with E-state index in [4.69, 9.17) is 10.00 Å². The van der Waals surface area contributed by atoms with Crippen molar-refractivity contribution in [1.29, 1.82) is 5.26 Å². The Balaban J connectivity index is 2.14. The van der Waals surface area contributed by atoms with E-state index in [2.05, 4.69) is 5.32 Å². The monoisotopic (exact) mass is 286 g/mol. The molecule has 1 heterocycles. The minimum Gasteiger partial charge on any atom is -0.386 e. The predicted octanol–water partition coefficient (Wildman–Crippen LogP) is 2.14.